The largest absolute Gasteiger partial charge is 0.404 e. The Balaban J connectivity index is 2.48. The second-order valence-electron chi connectivity index (χ2n) is 2.62. The van der Waals surface area contributed by atoms with Gasteiger partial charge in [0.1, 0.15) is 4.47 Å². The van der Waals surface area contributed by atoms with Crippen molar-refractivity contribution in [2.45, 2.75) is 6.54 Å². The first-order valence-electron chi connectivity index (χ1n) is 4.16. The van der Waals surface area contributed by atoms with Gasteiger partial charge >= 0.3 is 5.82 Å². The van der Waals surface area contributed by atoms with Crippen LogP contribution in [0.1, 0.15) is 0 Å². The highest BCUT2D eigenvalue weighted by Crippen LogP contribution is 2.21. The molecule has 0 fully saturated rings. The van der Waals surface area contributed by atoms with Gasteiger partial charge in [0, 0.05) is 5.88 Å². The number of ether oxygens (including phenoxy) is 1. The SMILES string of the molecule is O=[N+]([O-])c1nn(CCOCCCl)cc1Br. The van der Waals surface area contributed by atoms with E-state index >= 15 is 0 Å². The van der Waals surface area contributed by atoms with E-state index in [4.69, 9.17) is 16.3 Å². The van der Waals surface area contributed by atoms with Crippen LogP contribution in [0, 0.1) is 10.1 Å². The van der Waals surface area contributed by atoms with Crippen LogP contribution >= 0.6 is 27.5 Å². The van der Waals surface area contributed by atoms with Crippen LogP contribution in [0.15, 0.2) is 10.7 Å². The van der Waals surface area contributed by atoms with E-state index in [1.165, 1.54) is 4.68 Å². The molecule has 0 spiro atoms. The molecule has 0 aliphatic carbocycles. The average Bonchev–Trinajstić information content (AvgIpc) is 2.55. The number of aromatic nitrogens is 2. The van der Waals surface area contributed by atoms with Crippen molar-refractivity contribution in [1.29, 1.82) is 0 Å². The number of nitrogens with zero attached hydrogens (tertiary/aromatic N) is 3. The summed E-state index contributed by atoms with van der Waals surface area (Å²) < 4.78 is 6.94. The molecule has 84 valence electrons. The smallest absolute Gasteiger partial charge is 0.378 e. The molecule has 1 rings (SSSR count). The van der Waals surface area contributed by atoms with Gasteiger partial charge in [0.25, 0.3) is 0 Å². The van der Waals surface area contributed by atoms with Crippen LogP contribution in [-0.4, -0.2) is 33.8 Å². The van der Waals surface area contributed by atoms with E-state index < -0.39 is 4.92 Å². The van der Waals surface area contributed by atoms with Crippen LogP contribution in [0.5, 0.6) is 0 Å². The van der Waals surface area contributed by atoms with Gasteiger partial charge < -0.3 is 14.9 Å². The Morgan fingerprint density at radius 3 is 2.93 bits per heavy atom. The van der Waals surface area contributed by atoms with Crippen molar-refractivity contribution < 1.29 is 9.66 Å². The summed E-state index contributed by atoms with van der Waals surface area (Å²) in [7, 11) is 0. The minimum Gasteiger partial charge on any atom is -0.378 e. The van der Waals surface area contributed by atoms with Crippen LogP contribution < -0.4 is 0 Å². The highest BCUT2D eigenvalue weighted by molar-refractivity contribution is 9.10. The molecule has 8 heteroatoms. The molecule has 0 aliphatic rings. The fourth-order valence-corrected chi connectivity index (χ4v) is 1.51. The zero-order valence-corrected chi connectivity index (χ0v) is 10.1. The van der Waals surface area contributed by atoms with E-state index in [9.17, 15) is 10.1 Å². The Kier molecular flexibility index (Phi) is 5.00. The number of nitro groups is 1. The Hall–Kier alpha value is -0.660. The summed E-state index contributed by atoms with van der Waals surface area (Å²) in [6.45, 7) is 1.35. The minimum atomic E-state index is -0.541. The summed E-state index contributed by atoms with van der Waals surface area (Å²) in [5, 5.41) is 14.2. The van der Waals surface area contributed by atoms with Crippen molar-refractivity contribution >= 4 is 33.3 Å². The third kappa shape index (κ3) is 3.77. The first-order chi connectivity index (χ1) is 7.15. The van der Waals surface area contributed by atoms with Crippen molar-refractivity contribution in [3.05, 3.63) is 20.8 Å². The number of halogens is 2. The van der Waals surface area contributed by atoms with Gasteiger partial charge in [-0.25, -0.2) is 0 Å². The van der Waals surface area contributed by atoms with E-state index in [1.807, 2.05) is 0 Å². The van der Waals surface area contributed by atoms with Gasteiger partial charge in [-0.05, 0) is 20.9 Å². The second-order valence-corrected chi connectivity index (χ2v) is 3.85. The van der Waals surface area contributed by atoms with Crippen LogP contribution in [0.3, 0.4) is 0 Å². The fraction of sp³-hybridized carbons (Fsp3) is 0.571. The van der Waals surface area contributed by atoms with E-state index in [1.54, 1.807) is 6.20 Å². The Bertz CT molecular complexity index is 344. The molecule has 0 N–H and O–H groups in total. The minimum absolute atomic E-state index is 0.188. The number of hydrogen-bond donors (Lipinski definition) is 0. The lowest BCUT2D eigenvalue weighted by Gasteiger charge is -1.98. The summed E-state index contributed by atoms with van der Waals surface area (Å²) in [5.41, 5.74) is 0. The van der Waals surface area contributed by atoms with Gasteiger partial charge in [0.2, 0.25) is 0 Å². The third-order valence-corrected chi connectivity index (χ3v) is 2.27. The van der Waals surface area contributed by atoms with Gasteiger partial charge in [-0.1, -0.05) is 0 Å². The summed E-state index contributed by atoms with van der Waals surface area (Å²) in [6, 6.07) is 0. The number of hydrogen-bond acceptors (Lipinski definition) is 4. The molecule has 0 saturated carbocycles. The lowest BCUT2D eigenvalue weighted by molar-refractivity contribution is -0.390. The molecule has 0 aromatic carbocycles. The average molecular weight is 299 g/mol. The fourth-order valence-electron chi connectivity index (χ4n) is 0.940. The molecule has 6 nitrogen and oxygen atoms in total. The molecule has 0 unspecified atom stereocenters. The molecule has 0 saturated heterocycles. The first-order valence-corrected chi connectivity index (χ1v) is 5.49. The molecular weight excluding hydrogens is 289 g/mol. The van der Waals surface area contributed by atoms with Gasteiger partial charge in [0.15, 0.2) is 0 Å². The molecule has 1 aromatic heterocycles. The van der Waals surface area contributed by atoms with Crippen molar-refractivity contribution in [3.8, 4) is 0 Å². The lowest BCUT2D eigenvalue weighted by Crippen LogP contribution is -2.08. The highest BCUT2D eigenvalue weighted by Gasteiger charge is 2.17. The van der Waals surface area contributed by atoms with Crippen molar-refractivity contribution in [2.75, 3.05) is 19.1 Å². The molecule has 0 amide bonds. The maximum absolute atomic E-state index is 10.5. The summed E-state index contributed by atoms with van der Waals surface area (Å²) in [4.78, 5) is 9.92. The summed E-state index contributed by atoms with van der Waals surface area (Å²) >= 11 is 8.46. The van der Waals surface area contributed by atoms with Crippen LogP contribution in [0.2, 0.25) is 0 Å². The molecule has 0 radical (unpaired) electrons. The monoisotopic (exact) mass is 297 g/mol. The van der Waals surface area contributed by atoms with Gasteiger partial charge in [0.05, 0.1) is 31.1 Å². The third-order valence-electron chi connectivity index (χ3n) is 1.56. The van der Waals surface area contributed by atoms with E-state index in [0.717, 1.165) is 0 Å². The Labute approximate surface area is 99.4 Å². The summed E-state index contributed by atoms with van der Waals surface area (Å²) in [5.74, 6) is 0.246. The molecule has 0 aliphatic heterocycles. The Morgan fingerprint density at radius 2 is 2.40 bits per heavy atom. The van der Waals surface area contributed by atoms with E-state index in [-0.39, 0.29) is 5.82 Å². The molecule has 0 bridgehead atoms. The molecule has 1 heterocycles. The molecule has 15 heavy (non-hydrogen) atoms. The predicted octanol–water partition coefficient (Wildman–Crippen LogP) is 1.81. The Morgan fingerprint density at radius 1 is 1.67 bits per heavy atom. The summed E-state index contributed by atoms with van der Waals surface area (Å²) in [6.07, 6.45) is 1.54. The molecule has 0 atom stereocenters. The standard InChI is InChI=1S/C7H9BrClN3O3/c8-6-5-11(2-4-15-3-1-9)10-7(6)12(13)14/h5H,1-4H2. The lowest BCUT2D eigenvalue weighted by atomic mass is 10.6. The van der Waals surface area contributed by atoms with E-state index in [0.29, 0.717) is 30.1 Å². The zero-order chi connectivity index (χ0) is 11.3. The van der Waals surface area contributed by atoms with E-state index in [2.05, 4.69) is 21.0 Å². The first kappa shape index (κ1) is 12.4. The van der Waals surface area contributed by atoms with Crippen LogP contribution in [0.4, 0.5) is 5.82 Å². The van der Waals surface area contributed by atoms with Gasteiger partial charge in [-0.2, -0.15) is 4.68 Å². The number of rotatable bonds is 6. The van der Waals surface area contributed by atoms with Gasteiger partial charge in [-0.3, -0.25) is 0 Å². The number of alkyl halides is 1. The second kappa shape index (κ2) is 6.04. The maximum atomic E-state index is 10.5. The molecule has 1 aromatic rings. The quantitative estimate of drug-likeness (QED) is 0.347. The van der Waals surface area contributed by atoms with Crippen molar-refractivity contribution in [2.24, 2.45) is 0 Å². The van der Waals surface area contributed by atoms with Crippen molar-refractivity contribution in [1.82, 2.24) is 9.78 Å². The molecular formula is C7H9BrClN3O3. The van der Waals surface area contributed by atoms with Crippen molar-refractivity contribution in [3.63, 3.8) is 0 Å². The maximum Gasteiger partial charge on any atom is 0.404 e. The predicted molar refractivity (Wildman–Crippen MR) is 58.1 cm³/mol. The topological polar surface area (TPSA) is 70.2 Å². The van der Waals surface area contributed by atoms with Crippen LogP contribution in [0.25, 0.3) is 0 Å². The zero-order valence-electron chi connectivity index (χ0n) is 7.73. The normalized spacial score (nSPS) is 10.5. The highest BCUT2D eigenvalue weighted by atomic mass is 79.9. The van der Waals surface area contributed by atoms with Crippen LogP contribution in [-0.2, 0) is 11.3 Å². The van der Waals surface area contributed by atoms with Gasteiger partial charge in [-0.15, -0.1) is 11.6 Å².